The van der Waals surface area contributed by atoms with E-state index in [1.807, 2.05) is 18.2 Å². The van der Waals surface area contributed by atoms with E-state index in [-0.39, 0.29) is 5.37 Å². The highest BCUT2D eigenvalue weighted by Crippen LogP contribution is 2.41. The minimum absolute atomic E-state index is 0.137. The van der Waals surface area contributed by atoms with Gasteiger partial charge in [-0.05, 0) is 33.6 Å². The maximum atomic E-state index is 11.7. The zero-order valence-electron chi connectivity index (χ0n) is 10.1. The van der Waals surface area contributed by atoms with Gasteiger partial charge in [0.25, 0.3) is 0 Å². The van der Waals surface area contributed by atoms with Crippen LogP contribution in [0.1, 0.15) is 10.9 Å². The maximum Gasteiger partial charge on any atom is 0.212 e. The number of hydrogen-bond acceptors (Lipinski definition) is 4. The Hall–Kier alpha value is -0.240. The van der Waals surface area contributed by atoms with E-state index in [0.717, 1.165) is 21.5 Å². The molecule has 0 aliphatic carbocycles. The van der Waals surface area contributed by atoms with Gasteiger partial charge in [-0.15, -0.1) is 11.8 Å². The summed E-state index contributed by atoms with van der Waals surface area (Å²) in [6.45, 7) is 0.567. The summed E-state index contributed by atoms with van der Waals surface area (Å²) in [6.07, 6.45) is 1.25. The number of halogens is 1. The van der Waals surface area contributed by atoms with Crippen LogP contribution in [-0.4, -0.2) is 38.4 Å². The van der Waals surface area contributed by atoms with E-state index in [0.29, 0.717) is 6.54 Å². The fourth-order valence-electron chi connectivity index (χ4n) is 1.89. The molecule has 1 fully saturated rings. The van der Waals surface area contributed by atoms with Crippen molar-refractivity contribution in [1.29, 1.82) is 0 Å². The minimum atomic E-state index is -3.16. The first kappa shape index (κ1) is 14.2. The molecule has 1 aliphatic rings. The molecule has 4 nitrogen and oxygen atoms in total. The molecule has 0 radical (unpaired) electrons. The molecule has 0 bridgehead atoms. The number of hydrogen-bond donors (Lipinski definition) is 0. The number of benzene rings is 1. The van der Waals surface area contributed by atoms with Gasteiger partial charge in [-0.1, -0.05) is 6.07 Å². The van der Waals surface area contributed by atoms with Crippen molar-refractivity contribution in [1.82, 2.24) is 4.31 Å². The average Bonchev–Trinajstić information content (AvgIpc) is 2.77. The summed E-state index contributed by atoms with van der Waals surface area (Å²) in [6, 6.07) is 5.67. The first-order valence-corrected chi connectivity index (χ1v) is 9.04. The number of rotatable bonds is 3. The Morgan fingerprint density at radius 2 is 2.22 bits per heavy atom. The molecule has 0 N–H and O–H groups in total. The summed E-state index contributed by atoms with van der Waals surface area (Å²) in [7, 11) is -1.56. The molecule has 2 rings (SSSR count). The molecule has 1 heterocycles. The van der Waals surface area contributed by atoms with Crippen LogP contribution in [-0.2, 0) is 10.0 Å². The summed E-state index contributed by atoms with van der Waals surface area (Å²) in [5.41, 5.74) is 0.968. The standard InChI is InChI=1S/C11H14BrNO3S2/c1-16-10-4-3-8(7-9(10)12)11-13(5-6-17-11)18(2,14)15/h3-4,7,11H,5-6H2,1-2H3/t11-/m0/s1. The quantitative estimate of drug-likeness (QED) is 0.839. The van der Waals surface area contributed by atoms with Crippen molar-refractivity contribution >= 4 is 37.7 Å². The van der Waals surface area contributed by atoms with Crippen LogP contribution in [0.2, 0.25) is 0 Å². The van der Waals surface area contributed by atoms with Crippen molar-refractivity contribution in [2.24, 2.45) is 0 Å². The van der Waals surface area contributed by atoms with E-state index in [9.17, 15) is 8.42 Å². The highest BCUT2D eigenvalue weighted by atomic mass is 79.9. The van der Waals surface area contributed by atoms with Crippen molar-refractivity contribution in [2.45, 2.75) is 5.37 Å². The predicted molar refractivity (Wildman–Crippen MR) is 77.4 cm³/mol. The molecular formula is C11H14BrNO3S2. The van der Waals surface area contributed by atoms with Gasteiger partial charge in [0, 0.05) is 12.3 Å². The molecule has 0 saturated carbocycles. The van der Waals surface area contributed by atoms with Crippen molar-refractivity contribution in [3.05, 3.63) is 28.2 Å². The first-order chi connectivity index (χ1) is 8.43. The highest BCUT2D eigenvalue weighted by molar-refractivity contribution is 9.10. The summed E-state index contributed by atoms with van der Waals surface area (Å²) < 4.78 is 30.9. The van der Waals surface area contributed by atoms with E-state index in [1.165, 1.54) is 10.6 Å². The summed E-state index contributed by atoms with van der Waals surface area (Å²) in [5, 5.41) is -0.137. The first-order valence-electron chi connectivity index (χ1n) is 5.35. The smallest absolute Gasteiger partial charge is 0.212 e. The number of nitrogens with zero attached hydrogens (tertiary/aromatic N) is 1. The van der Waals surface area contributed by atoms with Crippen LogP contribution < -0.4 is 4.74 Å². The molecule has 1 aromatic rings. The highest BCUT2D eigenvalue weighted by Gasteiger charge is 2.33. The molecule has 18 heavy (non-hydrogen) atoms. The van der Waals surface area contributed by atoms with Crippen molar-refractivity contribution in [2.75, 3.05) is 25.7 Å². The van der Waals surface area contributed by atoms with Gasteiger partial charge < -0.3 is 4.74 Å². The van der Waals surface area contributed by atoms with Gasteiger partial charge in [0.2, 0.25) is 10.0 Å². The van der Waals surface area contributed by atoms with E-state index >= 15 is 0 Å². The second-order valence-electron chi connectivity index (χ2n) is 3.99. The molecule has 0 amide bonds. The Labute approximate surface area is 120 Å². The Kier molecular flexibility index (Phi) is 4.25. The molecule has 7 heteroatoms. The third-order valence-electron chi connectivity index (χ3n) is 2.74. The van der Waals surface area contributed by atoms with Gasteiger partial charge in [0.05, 0.1) is 23.2 Å². The van der Waals surface area contributed by atoms with Gasteiger partial charge in [-0.3, -0.25) is 0 Å². The Balaban J connectivity index is 2.34. The summed E-state index contributed by atoms with van der Waals surface area (Å²) >= 11 is 5.06. The van der Waals surface area contributed by atoms with Gasteiger partial charge in [0.1, 0.15) is 5.75 Å². The third-order valence-corrected chi connectivity index (χ3v) is 6.00. The van der Waals surface area contributed by atoms with Crippen molar-refractivity contribution in [3.63, 3.8) is 0 Å². The van der Waals surface area contributed by atoms with Crippen LogP contribution in [0, 0.1) is 0 Å². The molecule has 0 aromatic heterocycles. The lowest BCUT2D eigenvalue weighted by Gasteiger charge is -2.21. The second kappa shape index (κ2) is 5.40. The third kappa shape index (κ3) is 2.84. The van der Waals surface area contributed by atoms with Gasteiger partial charge in [-0.2, -0.15) is 4.31 Å². The van der Waals surface area contributed by atoms with Crippen LogP contribution >= 0.6 is 27.7 Å². The molecule has 0 unspecified atom stereocenters. The van der Waals surface area contributed by atoms with Crippen molar-refractivity contribution < 1.29 is 13.2 Å². The Morgan fingerprint density at radius 1 is 1.50 bits per heavy atom. The van der Waals surface area contributed by atoms with E-state index < -0.39 is 10.0 Å². The minimum Gasteiger partial charge on any atom is -0.496 e. The maximum absolute atomic E-state index is 11.7. The summed E-state index contributed by atoms with van der Waals surface area (Å²) in [5.74, 6) is 1.56. The Morgan fingerprint density at radius 3 is 2.78 bits per heavy atom. The zero-order valence-corrected chi connectivity index (χ0v) is 13.3. The van der Waals surface area contributed by atoms with Gasteiger partial charge >= 0.3 is 0 Å². The lowest BCUT2D eigenvalue weighted by atomic mass is 10.2. The van der Waals surface area contributed by atoms with Gasteiger partial charge in [0.15, 0.2) is 0 Å². The van der Waals surface area contributed by atoms with E-state index in [2.05, 4.69) is 15.9 Å². The van der Waals surface area contributed by atoms with E-state index in [1.54, 1.807) is 18.9 Å². The predicted octanol–water partition coefficient (Wildman–Crippen LogP) is 2.46. The molecule has 100 valence electrons. The second-order valence-corrected chi connectivity index (χ2v) is 7.97. The fourth-order valence-corrected chi connectivity index (χ4v) is 5.25. The fraction of sp³-hybridized carbons (Fsp3) is 0.455. The topological polar surface area (TPSA) is 46.6 Å². The van der Waals surface area contributed by atoms with Crippen LogP contribution in [0.5, 0.6) is 5.75 Å². The lowest BCUT2D eigenvalue weighted by molar-refractivity contribution is 0.411. The number of ether oxygens (including phenoxy) is 1. The number of thioether (sulfide) groups is 1. The van der Waals surface area contributed by atoms with Gasteiger partial charge in [-0.25, -0.2) is 8.42 Å². The van der Waals surface area contributed by atoms with E-state index in [4.69, 9.17) is 4.74 Å². The molecular weight excluding hydrogens is 338 g/mol. The SMILES string of the molecule is COc1ccc([C@@H]2SCCN2S(C)(=O)=O)cc1Br. The van der Waals surface area contributed by atoms with Crippen LogP contribution in [0.3, 0.4) is 0 Å². The van der Waals surface area contributed by atoms with Crippen LogP contribution in [0.15, 0.2) is 22.7 Å². The largest absolute Gasteiger partial charge is 0.496 e. The number of methoxy groups -OCH3 is 1. The normalized spacial score (nSPS) is 21.2. The van der Waals surface area contributed by atoms with Crippen molar-refractivity contribution in [3.8, 4) is 5.75 Å². The number of sulfonamides is 1. The monoisotopic (exact) mass is 351 g/mol. The lowest BCUT2D eigenvalue weighted by Crippen LogP contribution is -2.29. The molecule has 0 spiro atoms. The molecule has 1 saturated heterocycles. The Bertz CT molecular complexity index is 547. The summed E-state index contributed by atoms with van der Waals surface area (Å²) in [4.78, 5) is 0. The van der Waals surface area contributed by atoms with Crippen LogP contribution in [0.25, 0.3) is 0 Å². The zero-order chi connectivity index (χ0) is 13.3. The average molecular weight is 352 g/mol. The molecule has 1 aliphatic heterocycles. The molecule has 1 aromatic carbocycles. The molecule has 1 atom stereocenters. The van der Waals surface area contributed by atoms with Crippen LogP contribution in [0.4, 0.5) is 0 Å².